The van der Waals surface area contributed by atoms with Gasteiger partial charge in [0.15, 0.2) is 0 Å². The second-order valence-electron chi connectivity index (χ2n) is 6.13. The van der Waals surface area contributed by atoms with Gasteiger partial charge in [-0.2, -0.15) is 11.8 Å². The highest BCUT2D eigenvalue weighted by Crippen LogP contribution is 2.18. The number of carbonyl (C=O) groups is 1. The van der Waals surface area contributed by atoms with Gasteiger partial charge in [0.2, 0.25) is 5.91 Å². The van der Waals surface area contributed by atoms with Crippen molar-refractivity contribution in [2.75, 3.05) is 18.1 Å². The molecule has 0 aromatic heterocycles. The summed E-state index contributed by atoms with van der Waals surface area (Å²) in [5, 5.41) is 3.12. The summed E-state index contributed by atoms with van der Waals surface area (Å²) < 4.78 is 5.77. The third kappa shape index (κ3) is 6.30. The van der Waals surface area contributed by atoms with Crippen LogP contribution in [0.2, 0.25) is 0 Å². The molecule has 1 aromatic rings. The molecule has 1 aliphatic carbocycles. The Kier molecular flexibility index (Phi) is 7.10. The number of hydrogen-bond acceptors (Lipinski definition) is 3. The van der Waals surface area contributed by atoms with Gasteiger partial charge in [-0.05, 0) is 62.1 Å². The maximum atomic E-state index is 11.8. The molecule has 0 unspecified atom stereocenters. The van der Waals surface area contributed by atoms with Gasteiger partial charge in [0.05, 0.1) is 12.4 Å². The molecule has 0 saturated heterocycles. The van der Waals surface area contributed by atoms with Crippen LogP contribution < -0.4 is 10.1 Å². The minimum atomic E-state index is 0.187. The first-order valence-corrected chi connectivity index (χ1v) is 9.37. The van der Waals surface area contributed by atoms with E-state index in [1.54, 1.807) is 11.8 Å². The Labute approximate surface area is 138 Å². The summed E-state index contributed by atoms with van der Waals surface area (Å²) in [7, 11) is 0. The zero-order valence-corrected chi connectivity index (χ0v) is 14.5. The van der Waals surface area contributed by atoms with Gasteiger partial charge < -0.3 is 10.1 Å². The van der Waals surface area contributed by atoms with E-state index in [2.05, 4.69) is 37.4 Å². The molecule has 1 aromatic carbocycles. The lowest BCUT2D eigenvalue weighted by atomic mass is 10.1. The van der Waals surface area contributed by atoms with Gasteiger partial charge in [0.25, 0.3) is 0 Å². The first-order valence-electron chi connectivity index (χ1n) is 8.22. The lowest BCUT2D eigenvalue weighted by Gasteiger charge is -2.11. The summed E-state index contributed by atoms with van der Waals surface area (Å²) in [5.41, 5.74) is 2.46. The van der Waals surface area contributed by atoms with Crippen molar-refractivity contribution in [2.45, 2.75) is 52.0 Å². The van der Waals surface area contributed by atoms with Gasteiger partial charge in [0.1, 0.15) is 5.75 Å². The molecule has 4 heteroatoms. The predicted octanol–water partition coefficient (Wildman–Crippen LogP) is 3.86. The molecule has 1 amide bonds. The van der Waals surface area contributed by atoms with E-state index in [0.717, 1.165) is 30.8 Å². The number of hydrogen-bond donors (Lipinski definition) is 1. The van der Waals surface area contributed by atoms with Gasteiger partial charge in [-0.3, -0.25) is 4.79 Å². The fourth-order valence-electron chi connectivity index (χ4n) is 2.87. The molecule has 122 valence electrons. The molecule has 2 rings (SSSR count). The van der Waals surface area contributed by atoms with Gasteiger partial charge >= 0.3 is 0 Å². The zero-order valence-electron chi connectivity index (χ0n) is 13.7. The van der Waals surface area contributed by atoms with Crippen LogP contribution in [0.25, 0.3) is 0 Å². The zero-order chi connectivity index (χ0) is 15.8. The highest BCUT2D eigenvalue weighted by atomic mass is 32.2. The van der Waals surface area contributed by atoms with Crippen LogP contribution in [0.3, 0.4) is 0 Å². The van der Waals surface area contributed by atoms with Crippen LogP contribution in [0, 0.1) is 13.8 Å². The molecule has 0 bridgehead atoms. The van der Waals surface area contributed by atoms with Crippen LogP contribution in [0.4, 0.5) is 0 Å². The van der Waals surface area contributed by atoms with Crippen molar-refractivity contribution in [1.29, 1.82) is 0 Å². The number of ether oxygens (including phenoxy) is 1. The van der Waals surface area contributed by atoms with Crippen LogP contribution in [0.15, 0.2) is 18.2 Å². The normalized spacial score (nSPS) is 15.0. The number of benzene rings is 1. The second kappa shape index (κ2) is 9.09. The number of rotatable bonds is 8. The SMILES string of the molecule is Cc1cc(C)cc(OCCCSCC(=O)NC2CCCC2)c1. The molecule has 0 atom stereocenters. The van der Waals surface area contributed by atoms with Crippen LogP contribution in [-0.2, 0) is 4.79 Å². The number of nitrogens with one attached hydrogen (secondary N) is 1. The second-order valence-corrected chi connectivity index (χ2v) is 7.23. The minimum absolute atomic E-state index is 0.187. The summed E-state index contributed by atoms with van der Waals surface area (Å²) in [5.74, 6) is 2.66. The Morgan fingerprint density at radius 2 is 1.91 bits per heavy atom. The molecule has 3 nitrogen and oxygen atoms in total. The molecule has 1 saturated carbocycles. The van der Waals surface area contributed by atoms with Crippen molar-refractivity contribution in [2.24, 2.45) is 0 Å². The van der Waals surface area contributed by atoms with Crippen molar-refractivity contribution < 1.29 is 9.53 Å². The van der Waals surface area contributed by atoms with E-state index >= 15 is 0 Å². The van der Waals surface area contributed by atoms with Crippen molar-refractivity contribution in [3.8, 4) is 5.75 Å². The number of carbonyl (C=O) groups excluding carboxylic acids is 1. The van der Waals surface area contributed by atoms with E-state index in [-0.39, 0.29) is 5.91 Å². The molecule has 0 radical (unpaired) electrons. The van der Waals surface area contributed by atoms with E-state index in [9.17, 15) is 4.79 Å². The maximum Gasteiger partial charge on any atom is 0.230 e. The average Bonchev–Trinajstić information content (AvgIpc) is 2.94. The van der Waals surface area contributed by atoms with Crippen molar-refractivity contribution in [3.63, 3.8) is 0 Å². The summed E-state index contributed by atoms with van der Waals surface area (Å²) >= 11 is 1.69. The molecule has 1 N–H and O–H groups in total. The summed E-state index contributed by atoms with van der Waals surface area (Å²) in [6.45, 7) is 4.87. The van der Waals surface area contributed by atoms with Crippen molar-refractivity contribution in [1.82, 2.24) is 5.32 Å². The first-order chi connectivity index (χ1) is 10.6. The average molecular weight is 321 g/mol. The number of aryl methyl sites for hydroxylation is 2. The smallest absolute Gasteiger partial charge is 0.230 e. The molecule has 0 aliphatic heterocycles. The predicted molar refractivity (Wildman–Crippen MR) is 93.8 cm³/mol. The Morgan fingerprint density at radius 1 is 1.23 bits per heavy atom. The van der Waals surface area contributed by atoms with Crippen molar-refractivity contribution in [3.05, 3.63) is 29.3 Å². The standard InChI is InChI=1S/C18H27NO2S/c1-14-10-15(2)12-17(11-14)21-8-5-9-22-13-18(20)19-16-6-3-4-7-16/h10-12,16H,3-9,13H2,1-2H3,(H,19,20). The summed E-state index contributed by atoms with van der Waals surface area (Å²) in [4.78, 5) is 11.8. The molecule has 22 heavy (non-hydrogen) atoms. The third-order valence-corrected chi connectivity index (χ3v) is 4.89. The van der Waals surface area contributed by atoms with Gasteiger partial charge in [-0.25, -0.2) is 0 Å². The van der Waals surface area contributed by atoms with E-state index < -0.39 is 0 Å². The molecule has 1 fully saturated rings. The Balaban J connectivity index is 1.52. The van der Waals surface area contributed by atoms with Gasteiger partial charge in [-0.1, -0.05) is 18.9 Å². The largest absolute Gasteiger partial charge is 0.494 e. The quantitative estimate of drug-likeness (QED) is 0.739. The minimum Gasteiger partial charge on any atom is -0.494 e. The maximum absolute atomic E-state index is 11.8. The van der Waals surface area contributed by atoms with E-state index in [1.807, 2.05) is 0 Å². The summed E-state index contributed by atoms with van der Waals surface area (Å²) in [6, 6.07) is 6.71. The highest BCUT2D eigenvalue weighted by molar-refractivity contribution is 7.99. The number of amides is 1. The molecule has 0 spiro atoms. The van der Waals surface area contributed by atoms with Crippen LogP contribution in [-0.4, -0.2) is 30.1 Å². The van der Waals surface area contributed by atoms with Crippen LogP contribution >= 0.6 is 11.8 Å². The van der Waals surface area contributed by atoms with E-state index in [0.29, 0.717) is 18.4 Å². The first kappa shape index (κ1) is 17.2. The molecular weight excluding hydrogens is 294 g/mol. The fourth-order valence-corrected chi connectivity index (χ4v) is 3.61. The third-order valence-electron chi connectivity index (χ3n) is 3.85. The fraction of sp³-hybridized carbons (Fsp3) is 0.611. The number of thioether (sulfide) groups is 1. The van der Waals surface area contributed by atoms with Gasteiger partial charge in [-0.15, -0.1) is 0 Å². The van der Waals surface area contributed by atoms with Crippen molar-refractivity contribution >= 4 is 17.7 Å². The van der Waals surface area contributed by atoms with E-state index in [4.69, 9.17) is 4.74 Å². The van der Waals surface area contributed by atoms with Crippen LogP contribution in [0.5, 0.6) is 5.75 Å². The topological polar surface area (TPSA) is 38.3 Å². The monoisotopic (exact) mass is 321 g/mol. The lowest BCUT2D eigenvalue weighted by molar-refractivity contribution is -0.119. The Bertz CT molecular complexity index is 464. The molecule has 1 aliphatic rings. The highest BCUT2D eigenvalue weighted by Gasteiger charge is 2.16. The Morgan fingerprint density at radius 3 is 2.59 bits per heavy atom. The molecular formula is C18H27NO2S. The Hall–Kier alpha value is -1.16. The van der Waals surface area contributed by atoms with Crippen LogP contribution in [0.1, 0.15) is 43.2 Å². The lowest BCUT2D eigenvalue weighted by Crippen LogP contribution is -2.33. The molecule has 0 heterocycles. The summed E-state index contributed by atoms with van der Waals surface area (Å²) in [6.07, 6.45) is 5.79. The van der Waals surface area contributed by atoms with E-state index in [1.165, 1.54) is 24.0 Å². The van der Waals surface area contributed by atoms with Gasteiger partial charge in [0, 0.05) is 6.04 Å².